The molecule has 72 heavy (non-hydrogen) atoms. The lowest BCUT2D eigenvalue weighted by Gasteiger charge is -2.39. The summed E-state index contributed by atoms with van der Waals surface area (Å²) in [6.07, 6.45) is 8.41. The first-order valence-electron chi connectivity index (χ1n) is 24.6. The quantitative estimate of drug-likeness (QED) is 0.0754. The molecule has 0 radical (unpaired) electrons. The average Bonchev–Trinajstić information content (AvgIpc) is 3.40. The number of amides is 4. The van der Waals surface area contributed by atoms with E-state index in [1.54, 1.807) is 48.9 Å². The second-order valence-electron chi connectivity index (χ2n) is 18.5. The number of carbonyl (C=O) groups is 5. The van der Waals surface area contributed by atoms with Crippen molar-refractivity contribution >= 4 is 41.3 Å². The molecule has 0 spiro atoms. The Hall–Kier alpha value is -7.12. The van der Waals surface area contributed by atoms with Gasteiger partial charge in [-0.15, -0.1) is 0 Å². The molecule has 0 bridgehead atoms. The van der Waals surface area contributed by atoms with Crippen molar-refractivity contribution in [2.24, 2.45) is 11.7 Å². The summed E-state index contributed by atoms with van der Waals surface area (Å²) in [6, 6.07) is 22.5. The Morgan fingerprint density at radius 3 is 2.18 bits per heavy atom. The summed E-state index contributed by atoms with van der Waals surface area (Å²) in [7, 11) is 2.11. The number of hydrogen-bond donors (Lipinski definition) is 4. The summed E-state index contributed by atoms with van der Waals surface area (Å²) in [6.45, 7) is 12.6. The number of primary amides is 1. The van der Waals surface area contributed by atoms with Crippen LogP contribution < -0.4 is 16.4 Å². The minimum Gasteiger partial charge on any atom is -0.366 e. The number of piperidine rings is 1. The number of aryl methyl sites for hydroxylation is 1. The molecule has 4 amide bonds. The number of pyridine rings is 1. The van der Waals surface area contributed by atoms with Crippen LogP contribution in [0.5, 0.6) is 0 Å². The molecule has 18 heteroatoms. The van der Waals surface area contributed by atoms with Crippen molar-refractivity contribution in [3.05, 3.63) is 143 Å². The van der Waals surface area contributed by atoms with Crippen LogP contribution in [0, 0.1) is 17.1 Å². The summed E-state index contributed by atoms with van der Waals surface area (Å²) >= 11 is 0. The number of halogens is 1. The van der Waals surface area contributed by atoms with Gasteiger partial charge in [-0.2, -0.15) is 0 Å². The number of anilines is 1. The summed E-state index contributed by atoms with van der Waals surface area (Å²) in [5.74, 6) is -0.292. The fraction of sp³-hybridized carbons (Fsp3) is 0.389. The Labute approximate surface area is 420 Å². The van der Waals surface area contributed by atoms with Crippen LogP contribution in [-0.4, -0.2) is 167 Å². The van der Waals surface area contributed by atoms with Gasteiger partial charge in [-0.25, -0.2) is 19.3 Å². The SMILES string of the molecule is CCc1cccc(-c2cnc(C(=O)N3CCC(CN4CCN(CC(=O)N5CCN(C)CC5)CC4)CC3)c(NC(=O)CNCc3ncccn3)c2)c1.N=C(Cc1ccc(F)c(C=O)c1)c1ccccc1C(N)=O. The van der Waals surface area contributed by atoms with Crippen LogP contribution in [0.1, 0.15) is 73.5 Å². The van der Waals surface area contributed by atoms with Crippen LogP contribution in [0.15, 0.2) is 97.5 Å². The number of nitrogens with one attached hydrogen (secondary N) is 3. The number of likely N-dealkylation sites (N-methyl/N-ethyl adjacent to an activating group) is 1. The third-order valence-corrected chi connectivity index (χ3v) is 13.4. The van der Waals surface area contributed by atoms with Gasteiger partial charge >= 0.3 is 0 Å². The van der Waals surface area contributed by atoms with E-state index in [4.69, 9.17) is 11.1 Å². The van der Waals surface area contributed by atoms with Crippen LogP contribution in [0.4, 0.5) is 10.1 Å². The predicted molar refractivity (Wildman–Crippen MR) is 274 cm³/mol. The van der Waals surface area contributed by atoms with Gasteiger partial charge in [0.2, 0.25) is 17.7 Å². The molecule has 17 nitrogen and oxygen atoms in total. The van der Waals surface area contributed by atoms with Crippen molar-refractivity contribution in [1.29, 1.82) is 5.41 Å². The second-order valence-corrected chi connectivity index (χ2v) is 18.5. The molecular formula is C54H65FN12O5. The van der Waals surface area contributed by atoms with Gasteiger partial charge in [0.25, 0.3) is 5.91 Å². The molecule has 0 aliphatic carbocycles. The highest BCUT2D eigenvalue weighted by Gasteiger charge is 2.30. The van der Waals surface area contributed by atoms with E-state index in [1.807, 2.05) is 28.0 Å². The van der Waals surface area contributed by atoms with Crippen molar-refractivity contribution in [1.82, 2.24) is 44.8 Å². The smallest absolute Gasteiger partial charge is 0.274 e. The molecule has 3 aliphatic rings. The maximum atomic E-state index is 13.9. The van der Waals surface area contributed by atoms with E-state index in [0.29, 0.717) is 61.0 Å². The summed E-state index contributed by atoms with van der Waals surface area (Å²) in [4.78, 5) is 85.9. The van der Waals surface area contributed by atoms with E-state index in [2.05, 4.69) is 66.4 Å². The topological polar surface area (TPSA) is 214 Å². The number of aromatic nitrogens is 3. The van der Waals surface area contributed by atoms with Gasteiger partial charge in [-0.1, -0.05) is 55.5 Å². The highest BCUT2D eigenvalue weighted by molar-refractivity contribution is 6.09. The fourth-order valence-electron chi connectivity index (χ4n) is 9.13. The molecule has 0 unspecified atom stereocenters. The van der Waals surface area contributed by atoms with E-state index < -0.39 is 11.7 Å². The van der Waals surface area contributed by atoms with Crippen molar-refractivity contribution in [3.8, 4) is 11.1 Å². The lowest BCUT2D eigenvalue weighted by molar-refractivity contribution is -0.134. The number of likely N-dealkylation sites (tertiary alicyclic amines) is 1. The van der Waals surface area contributed by atoms with Gasteiger partial charge in [0.1, 0.15) is 11.6 Å². The van der Waals surface area contributed by atoms with Crippen LogP contribution in [-0.2, 0) is 29.0 Å². The number of hydrogen-bond acceptors (Lipinski definition) is 13. The van der Waals surface area contributed by atoms with Crippen molar-refractivity contribution < 1.29 is 28.4 Å². The monoisotopic (exact) mass is 981 g/mol. The summed E-state index contributed by atoms with van der Waals surface area (Å²) in [5.41, 5.74) is 10.4. The zero-order chi connectivity index (χ0) is 51.0. The molecule has 5 aromatic rings. The number of rotatable bonds is 17. The largest absolute Gasteiger partial charge is 0.366 e. The molecule has 8 rings (SSSR count). The maximum absolute atomic E-state index is 13.9. The third kappa shape index (κ3) is 14.7. The predicted octanol–water partition coefficient (Wildman–Crippen LogP) is 4.42. The average molecular weight is 981 g/mol. The first-order chi connectivity index (χ1) is 34.9. The van der Waals surface area contributed by atoms with E-state index in [-0.39, 0.29) is 53.2 Å². The van der Waals surface area contributed by atoms with Crippen molar-refractivity contribution in [3.63, 3.8) is 0 Å². The zero-order valence-corrected chi connectivity index (χ0v) is 41.2. The van der Waals surface area contributed by atoms with Gasteiger partial charge in [0, 0.05) is 119 Å². The minimum absolute atomic E-state index is 0.0354. The molecule has 0 atom stereocenters. The van der Waals surface area contributed by atoms with E-state index >= 15 is 0 Å². The number of benzene rings is 3. The van der Waals surface area contributed by atoms with E-state index in [0.717, 1.165) is 89.3 Å². The summed E-state index contributed by atoms with van der Waals surface area (Å²) < 4.78 is 13.3. The molecule has 5 N–H and O–H groups in total. The van der Waals surface area contributed by atoms with Crippen LogP contribution in [0.2, 0.25) is 0 Å². The standard InChI is InChI=1S/C38H52N10O3.C16H13FN2O2/c1-3-29-6-4-7-31(22-29)32-23-33(43-35(49)26-39-25-34-40-10-5-11-41-34)37(42-24-32)38(51)48-12-8-30(9-13-48)27-45-16-18-46(19-17-45)28-36(50)47-20-14-44(2)15-21-47;17-14-6-5-10(7-11(14)9-20)8-15(18)12-3-1-2-4-13(12)16(19)21/h4-7,10-11,22-24,30,39H,3,8-9,12-21,25-28H2,1-2H3,(H,43,49);1-7,9,18H,8H2,(H2,19,21). The van der Waals surface area contributed by atoms with Gasteiger partial charge in [0.15, 0.2) is 12.0 Å². The molecule has 5 heterocycles. The lowest BCUT2D eigenvalue weighted by atomic mass is 9.95. The Kier molecular flexibility index (Phi) is 18.9. The number of nitrogens with two attached hydrogens (primary N) is 1. The van der Waals surface area contributed by atoms with Crippen molar-refractivity contribution in [2.45, 2.75) is 39.2 Å². The molecule has 3 saturated heterocycles. The first kappa shape index (κ1) is 52.7. The van der Waals surface area contributed by atoms with Gasteiger partial charge in [-0.3, -0.25) is 28.9 Å². The van der Waals surface area contributed by atoms with E-state index in [1.165, 1.54) is 23.8 Å². The molecule has 378 valence electrons. The number of piperazine rings is 2. The summed E-state index contributed by atoms with van der Waals surface area (Å²) in [5, 5.41) is 14.1. The van der Waals surface area contributed by atoms with Gasteiger partial charge in [-0.05, 0) is 79.3 Å². The maximum Gasteiger partial charge on any atom is 0.274 e. The highest BCUT2D eigenvalue weighted by Crippen LogP contribution is 2.28. The fourth-order valence-corrected chi connectivity index (χ4v) is 9.13. The number of nitrogens with zero attached hydrogens (tertiary/aromatic N) is 8. The van der Waals surface area contributed by atoms with Gasteiger partial charge in [0.05, 0.1) is 30.9 Å². The Balaban J connectivity index is 0.000000302. The molecule has 3 fully saturated rings. The Morgan fingerprint density at radius 1 is 0.778 bits per heavy atom. The molecule has 2 aromatic heterocycles. The van der Waals surface area contributed by atoms with Crippen LogP contribution in [0.25, 0.3) is 11.1 Å². The molecular weight excluding hydrogens is 916 g/mol. The van der Waals surface area contributed by atoms with E-state index in [9.17, 15) is 28.4 Å². The molecule has 3 aliphatic heterocycles. The molecule has 0 saturated carbocycles. The Bertz CT molecular complexity index is 2680. The first-order valence-corrected chi connectivity index (χ1v) is 24.6. The van der Waals surface area contributed by atoms with Crippen LogP contribution >= 0.6 is 0 Å². The normalized spacial score (nSPS) is 15.8. The lowest BCUT2D eigenvalue weighted by Crippen LogP contribution is -2.53. The van der Waals surface area contributed by atoms with Gasteiger partial charge < -0.3 is 41.4 Å². The van der Waals surface area contributed by atoms with Crippen LogP contribution in [0.3, 0.4) is 0 Å². The minimum atomic E-state index is -0.608. The van der Waals surface area contributed by atoms with Crippen molar-refractivity contribution in [2.75, 3.05) is 97.4 Å². The Morgan fingerprint density at radius 2 is 1.49 bits per heavy atom. The highest BCUT2D eigenvalue weighted by atomic mass is 19.1. The third-order valence-electron chi connectivity index (χ3n) is 13.4. The number of aldehydes is 1. The number of carbonyl (C=O) groups excluding carboxylic acids is 5. The molecule has 3 aromatic carbocycles. The zero-order valence-electron chi connectivity index (χ0n) is 41.2. The second kappa shape index (κ2) is 25.8.